The highest BCUT2D eigenvalue weighted by molar-refractivity contribution is 9.10. The number of hydrogen-bond donors (Lipinski definition) is 1. The van der Waals surface area contributed by atoms with Gasteiger partial charge in [0.25, 0.3) is 0 Å². The zero-order valence-corrected chi connectivity index (χ0v) is 11.6. The fourth-order valence-corrected chi connectivity index (χ4v) is 2.86. The first-order valence-electron chi connectivity index (χ1n) is 5.54. The lowest BCUT2D eigenvalue weighted by Crippen LogP contribution is -2.18. The predicted octanol–water partition coefficient (Wildman–Crippen LogP) is 4.47. The lowest BCUT2D eigenvalue weighted by atomic mass is 9.98. The zero-order valence-electron chi connectivity index (χ0n) is 9.26. The standard InChI is InChI=1S/C13H15BrClN/c1-16-13(9-5-2-3-6-9)10-7-4-8-11(14)12(10)15/h4-5,7-8,13,16H,2-3,6H2,1H3. The fourth-order valence-electron chi connectivity index (χ4n) is 2.24. The smallest absolute Gasteiger partial charge is 0.0599 e. The molecule has 2 rings (SSSR count). The van der Waals surface area contributed by atoms with Crippen LogP contribution in [0.25, 0.3) is 0 Å². The molecule has 0 aliphatic heterocycles. The number of nitrogens with one attached hydrogen (secondary N) is 1. The largest absolute Gasteiger partial charge is 0.310 e. The van der Waals surface area contributed by atoms with Gasteiger partial charge in [0.1, 0.15) is 0 Å². The van der Waals surface area contributed by atoms with Gasteiger partial charge in [-0.25, -0.2) is 0 Å². The van der Waals surface area contributed by atoms with Crippen LogP contribution in [-0.4, -0.2) is 7.05 Å². The van der Waals surface area contributed by atoms with Crippen LogP contribution in [0, 0.1) is 0 Å². The van der Waals surface area contributed by atoms with E-state index in [9.17, 15) is 0 Å². The van der Waals surface area contributed by atoms with Gasteiger partial charge in [-0.3, -0.25) is 0 Å². The first-order chi connectivity index (χ1) is 7.74. The molecule has 1 atom stereocenters. The molecular formula is C13H15BrClN. The number of allylic oxidation sites excluding steroid dienone is 1. The summed E-state index contributed by atoms with van der Waals surface area (Å²) in [6.45, 7) is 0. The van der Waals surface area contributed by atoms with E-state index in [1.807, 2.05) is 19.2 Å². The van der Waals surface area contributed by atoms with Crippen molar-refractivity contribution in [1.29, 1.82) is 0 Å². The normalized spacial score (nSPS) is 17.3. The van der Waals surface area contributed by atoms with Gasteiger partial charge in [-0.15, -0.1) is 0 Å². The molecular weight excluding hydrogens is 286 g/mol. The molecule has 0 amide bonds. The second kappa shape index (κ2) is 5.35. The number of rotatable bonds is 3. The van der Waals surface area contributed by atoms with Crippen molar-refractivity contribution in [2.45, 2.75) is 25.3 Å². The van der Waals surface area contributed by atoms with E-state index in [0.717, 1.165) is 15.1 Å². The minimum atomic E-state index is 0.257. The fraction of sp³-hybridized carbons (Fsp3) is 0.385. The molecule has 0 saturated heterocycles. The summed E-state index contributed by atoms with van der Waals surface area (Å²) in [4.78, 5) is 0. The third kappa shape index (κ3) is 2.34. The second-order valence-electron chi connectivity index (χ2n) is 4.04. The van der Waals surface area contributed by atoms with Crippen molar-refractivity contribution < 1.29 is 0 Å². The van der Waals surface area contributed by atoms with Crippen molar-refractivity contribution >= 4 is 27.5 Å². The molecule has 1 N–H and O–H groups in total. The molecule has 0 bridgehead atoms. The Bertz CT molecular complexity index is 414. The number of benzene rings is 1. The average molecular weight is 301 g/mol. The molecule has 1 aromatic rings. The molecule has 0 heterocycles. The van der Waals surface area contributed by atoms with Crippen LogP contribution in [0.2, 0.25) is 5.02 Å². The molecule has 1 aliphatic carbocycles. The molecule has 1 nitrogen and oxygen atoms in total. The monoisotopic (exact) mass is 299 g/mol. The molecule has 3 heteroatoms. The maximum Gasteiger partial charge on any atom is 0.0599 e. The number of hydrogen-bond acceptors (Lipinski definition) is 1. The summed E-state index contributed by atoms with van der Waals surface area (Å²) in [6.07, 6.45) is 5.96. The second-order valence-corrected chi connectivity index (χ2v) is 5.27. The highest BCUT2D eigenvalue weighted by Crippen LogP contribution is 2.36. The summed E-state index contributed by atoms with van der Waals surface area (Å²) < 4.78 is 0.963. The Morgan fingerprint density at radius 3 is 2.88 bits per heavy atom. The van der Waals surface area contributed by atoms with Gasteiger partial charge in [-0.2, -0.15) is 0 Å². The third-order valence-corrected chi connectivity index (χ3v) is 4.34. The van der Waals surface area contributed by atoms with Gasteiger partial charge in [0, 0.05) is 4.47 Å². The molecule has 16 heavy (non-hydrogen) atoms. The predicted molar refractivity (Wildman–Crippen MR) is 72.9 cm³/mol. The zero-order chi connectivity index (χ0) is 11.5. The van der Waals surface area contributed by atoms with Crippen LogP contribution >= 0.6 is 27.5 Å². The number of halogens is 2. The van der Waals surface area contributed by atoms with Gasteiger partial charge >= 0.3 is 0 Å². The van der Waals surface area contributed by atoms with Crippen molar-refractivity contribution in [3.05, 3.63) is 44.9 Å². The quantitative estimate of drug-likeness (QED) is 0.812. The van der Waals surface area contributed by atoms with Gasteiger partial charge in [-0.05, 0) is 53.9 Å². The minimum Gasteiger partial charge on any atom is -0.310 e. The molecule has 0 aromatic heterocycles. The van der Waals surface area contributed by atoms with Gasteiger partial charge in [-0.1, -0.05) is 35.4 Å². The highest BCUT2D eigenvalue weighted by atomic mass is 79.9. The Labute approximate surface area is 110 Å². The lowest BCUT2D eigenvalue weighted by molar-refractivity contribution is 0.656. The van der Waals surface area contributed by atoms with Crippen molar-refractivity contribution in [1.82, 2.24) is 5.32 Å². The summed E-state index contributed by atoms with van der Waals surface area (Å²) in [5, 5.41) is 4.17. The van der Waals surface area contributed by atoms with Crippen LogP contribution < -0.4 is 5.32 Å². The molecule has 0 spiro atoms. The van der Waals surface area contributed by atoms with Crippen molar-refractivity contribution in [2.75, 3.05) is 7.05 Å². The summed E-state index contributed by atoms with van der Waals surface area (Å²) >= 11 is 9.80. The van der Waals surface area contributed by atoms with Crippen LogP contribution in [-0.2, 0) is 0 Å². The first-order valence-corrected chi connectivity index (χ1v) is 6.71. The van der Waals surface area contributed by atoms with Gasteiger partial charge in [0.15, 0.2) is 0 Å². The van der Waals surface area contributed by atoms with Crippen molar-refractivity contribution in [3.8, 4) is 0 Å². The van der Waals surface area contributed by atoms with Crippen molar-refractivity contribution in [2.24, 2.45) is 0 Å². The summed E-state index contributed by atoms with van der Waals surface area (Å²) in [6, 6.07) is 6.35. The van der Waals surface area contributed by atoms with E-state index < -0.39 is 0 Å². The minimum absolute atomic E-state index is 0.257. The van der Waals surface area contributed by atoms with Crippen LogP contribution in [0.4, 0.5) is 0 Å². The van der Waals surface area contributed by atoms with Gasteiger partial charge in [0.2, 0.25) is 0 Å². The number of likely N-dealkylation sites (N-methyl/N-ethyl adjacent to an activating group) is 1. The van der Waals surface area contributed by atoms with E-state index in [1.165, 1.54) is 24.8 Å². The first kappa shape index (κ1) is 12.2. The lowest BCUT2D eigenvalue weighted by Gasteiger charge is -2.20. The van der Waals surface area contributed by atoms with Crippen LogP contribution in [0.5, 0.6) is 0 Å². The molecule has 1 aliphatic rings. The third-order valence-electron chi connectivity index (χ3n) is 3.03. The molecule has 1 unspecified atom stereocenters. The summed E-state index contributed by atoms with van der Waals surface area (Å²) in [5.74, 6) is 0. The Morgan fingerprint density at radius 1 is 1.44 bits per heavy atom. The van der Waals surface area contributed by atoms with E-state index in [0.29, 0.717) is 0 Å². The van der Waals surface area contributed by atoms with E-state index in [-0.39, 0.29) is 6.04 Å². The van der Waals surface area contributed by atoms with E-state index in [2.05, 4.69) is 33.4 Å². The highest BCUT2D eigenvalue weighted by Gasteiger charge is 2.20. The molecule has 0 saturated carbocycles. The van der Waals surface area contributed by atoms with E-state index in [4.69, 9.17) is 11.6 Å². The Balaban J connectivity index is 2.36. The van der Waals surface area contributed by atoms with Crippen LogP contribution in [0.1, 0.15) is 30.9 Å². The molecule has 86 valence electrons. The molecule has 1 aromatic carbocycles. The van der Waals surface area contributed by atoms with Crippen LogP contribution in [0.15, 0.2) is 34.3 Å². The van der Waals surface area contributed by atoms with Gasteiger partial charge < -0.3 is 5.32 Å². The van der Waals surface area contributed by atoms with E-state index >= 15 is 0 Å². The Kier molecular flexibility index (Phi) is 4.06. The topological polar surface area (TPSA) is 12.0 Å². The SMILES string of the molecule is CNC(C1=CCCC1)c1cccc(Br)c1Cl. The van der Waals surface area contributed by atoms with E-state index in [1.54, 1.807) is 0 Å². The van der Waals surface area contributed by atoms with Gasteiger partial charge in [0.05, 0.1) is 11.1 Å². The molecule has 0 radical (unpaired) electrons. The summed E-state index contributed by atoms with van der Waals surface area (Å²) in [5.41, 5.74) is 2.62. The Morgan fingerprint density at radius 2 is 2.25 bits per heavy atom. The summed E-state index contributed by atoms with van der Waals surface area (Å²) in [7, 11) is 1.99. The molecule has 0 fully saturated rings. The Hall–Kier alpha value is -0.310. The van der Waals surface area contributed by atoms with Crippen molar-refractivity contribution in [3.63, 3.8) is 0 Å². The maximum absolute atomic E-state index is 6.33. The maximum atomic E-state index is 6.33. The van der Waals surface area contributed by atoms with Crippen LogP contribution in [0.3, 0.4) is 0 Å². The average Bonchev–Trinajstić information content (AvgIpc) is 2.79.